The van der Waals surface area contributed by atoms with Gasteiger partial charge in [-0.2, -0.15) is 17.6 Å². The molecule has 0 bridgehead atoms. The molecule has 0 unspecified atom stereocenters. The highest BCUT2D eigenvalue weighted by Crippen LogP contribution is 2.29. The molecule has 13 heteroatoms. The van der Waals surface area contributed by atoms with E-state index in [1.54, 1.807) is 0 Å². The van der Waals surface area contributed by atoms with Gasteiger partial charge in [-0.05, 0) is 35.9 Å². The van der Waals surface area contributed by atoms with Crippen molar-refractivity contribution in [3.05, 3.63) is 54.1 Å². The summed E-state index contributed by atoms with van der Waals surface area (Å²) < 4.78 is 59.7. The highest BCUT2D eigenvalue weighted by atomic mass is 32.1. The summed E-state index contributed by atoms with van der Waals surface area (Å²) in [5, 5.41) is 14.1. The fraction of sp³-hybridized carbons (Fsp3) is 0.318. The number of hydrogen-bond donors (Lipinski definition) is 2. The molecule has 0 saturated carbocycles. The van der Waals surface area contributed by atoms with Crippen molar-refractivity contribution in [3.8, 4) is 16.3 Å². The van der Waals surface area contributed by atoms with Crippen molar-refractivity contribution in [2.24, 2.45) is 0 Å². The van der Waals surface area contributed by atoms with E-state index in [2.05, 4.69) is 30.5 Å². The van der Waals surface area contributed by atoms with Crippen molar-refractivity contribution in [2.45, 2.75) is 19.1 Å². The number of carbonyl (C=O) groups is 1. The molecule has 0 aliphatic carbocycles. The SMILES string of the molecule is O=C(Nc1ccc(OC(F)(F)C(F)F)cc1)Nc1nnc(-c2cccc(CN3CCOCC3)c2)s1. The van der Waals surface area contributed by atoms with E-state index >= 15 is 0 Å². The van der Waals surface area contributed by atoms with Crippen molar-refractivity contribution in [1.29, 1.82) is 0 Å². The maximum absolute atomic E-state index is 13.0. The Balaban J connectivity index is 1.32. The highest BCUT2D eigenvalue weighted by Gasteiger charge is 2.43. The Morgan fingerprint density at radius 3 is 2.57 bits per heavy atom. The normalized spacial score (nSPS) is 14.7. The third-order valence-corrected chi connectivity index (χ3v) is 5.84. The molecule has 0 radical (unpaired) electrons. The Morgan fingerprint density at radius 1 is 1.11 bits per heavy atom. The van der Waals surface area contributed by atoms with E-state index in [9.17, 15) is 22.4 Å². The van der Waals surface area contributed by atoms with Crippen LogP contribution in [-0.2, 0) is 11.3 Å². The number of carbonyl (C=O) groups excluding carboxylic acids is 1. The summed E-state index contributed by atoms with van der Waals surface area (Å²) in [5.41, 5.74) is 2.24. The summed E-state index contributed by atoms with van der Waals surface area (Å²) in [4.78, 5) is 14.6. The van der Waals surface area contributed by atoms with Crippen LogP contribution >= 0.6 is 11.3 Å². The molecule has 8 nitrogen and oxygen atoms in total. The molecular formula is C22H21F4N5O3S. The Kier molecular flexibility index (Phi) is 7.78. The van der Waals surface area contributed by atoms with Crippen molar-refractivity contribution >= 4 is 28.2 Å². The van der Waals surface area contributed by atoms with Gasteiger partial charge in [-0.1, -0.05) is 29.5 Å². The molecule has 4 rings (SSSR count). The quantitative estimate of drug-likeness (QED) is 0.418. The van der Waals surface area contributed by atoms with Crippen molar-refractivity contribution in [1.82, 2.24) is 15.1 Å². The van der Waals surface area contributed by atoms with Gasteiger partial charge in [0.05, 0.1) is 13.2 Å². The lowest BCUT2D eigenvalue weighted by molar-refractivity contribution is -0.253. The molecule has 2 amide bonds. The maximum atomic E-state index is 13.0. The minimum Gasteiger partial charge on any atom is -0.428 e. The molecule has 0 atom stereocenters. The number of hydrogen-bond acceptors (Lipinski definition) is 7. The summed E-state index contributed by atoms with van der Waals surface area (Å²) in [7, 11) is 0. The van der Waals surface area contributed by atoms with Gasteiger partial charge >= 0.3 is 18.6 Å². The number of urea groups is 1. The number of morpholine rings is 1. The molecular weight excluding hydrogens is 490 g/mol. The number of ether oxygens (including phenoxy) is 2. The lowest BCUT2D eigenvalue weighted by atomic mass is 10.1. The largest absolute Gasteiger partial charge is 0.461 e. The molecule has 2 heterocycles. The van der Waals surface area contributed by atoms with E-state index in [4.69, 9.17) is 4.74 Å². The van der Waals surface area contributed by atoms with Crippen LogP contribution in [0.5, 0.6) is 5.75 Å². The van der Waals surface area contributed by atoms with Gasteiger partial charge < -0.3 is 14.8 Å². The van der Waals surface area contributed by atoms with Crippen molar-refractivity contribution in [3.63, 3.8) is 0 Å². The van der Waals surface area contributed by atoms with Crippen LogP contribution in [0.15, 0.2) is 48.5 Å². The van der Waals surface area contributed by atoms with Gasteiger partial charge in [0.1, 0.15) is 10.8 Å². The first-order chi connectivity index (χ1) is 16.8. The van der Waals surface area contributed by atoms with Crippen LogP contribution in [0.1, 0.15) is 5.56 Å². The molecule has 0 spiro atoms. The third-order valence-electron chi connectivity index (χ3n) is 4.95. The standard InChI is InChI=1S/C22H21F4N5O3S/c23-19(24)22(25,26)34-17-6-4-16(5-7-17)27-20(32)28-21-30-29-18(35-21)15-3-1-2-14(12-15)13-31-8-10-33-11-9-31/h1-7,12,19H,8-11,13H2,(H2,27,28,30,32). The minimum absolute atomic E-state index is 0.232. The van der Waals surface area contributed by atoms with Gasteiger partial charge in [-0.25, -0.2) is 4.79 Å². The third kappa shape index (κ3) is 6.87. The first kappa shape index (κ1) is 24.8. The molecule has 2 N–H and O–H groups in total. The van der Waals surface area contributed by atoms with Gasteiger partial charge in [0.2, 0.25) is 5.13 Å². The smallest absolute Gasteiger partial charge is 0.428 e. The summed E-state index contributed by atoms with van der Waals surface area (Å²) >= 11 is 1.19. The zero-order valence-electron chi connectivity index (χ0n) is 18.2. The number of anilines is 2. The average molecular weight is 512 g/mol. The van der Waals surface area contributed by atoms with E-state index < -0.39 is 24.3 Å². The van der Waals surface area contributed by atoms with Crippen LogP contribution < -0.4 is 15.4 Å². The lowest BCUT2D eigenvalue weighted by Gasteiger charge is -2.26. The van der Waals surface area contributed by atoms with Crippen LogP contribution in [0, 0.1) is 0 Å². The van der Waals surface area contributed by atoms with Gasteiger partial charge in [0.25, 0.3) is 0 Å². The number of benzene rings is 2. The summed E-state index contributed by atoms with van der Waals surface area (Å²) in [6.45, 7) is 4.00. The van der Waals surface area contributed by atoms with Gasteiger partial charge in [-0.3, -0.25) is 10.2 Å². The second-order valence-electron chi connectivity index (χ2n) is 7.57. The van der Waals surface area contributed by atoms with E-state index in [1.165, 1.54) is 23.5 Å². The van der Waals surface area contributed by atoms with Crippen LogP contribution in [0.4, 0.5) is 33.2 Å². The van der Waals surface area contributed by atoms with E-state index in [-0.39, 0.29) is 10.8 Å². The summed E-state index contributed by atoms with van der Waals surface area (Å²) in [6, 6.07) is 11.8. The highest BCUT2D eigenvalue weighted by molar-refractivity contribution is 7.18. The first-order valence-corrected chi connectivity index (χ1v) is 11.4. The van der Waals surface area contributed by atoms with Crippen LogP contribution in [-0.4, -0.2) is 60.0 Å². The monoisotopic (exact) mass is 511 g/mol. The molecule has 1 aliphatic rings. The van der Waals surface area contributed by atoms with E-state index in [0.29, 0.717) is 5.01 Å². The first-order valence-electron chi connectivity index (χ1n) is 10.5. The second kappa shape index (κ2) is 11.0. The number of aromatic nitrogens is 2. The summed E-state index contributed by atoms with van der Waals surface area (Å²) in [6.07, 6.45) is -8.57. The van der Waals surface area contributed by atoms with E-state index in [0.717, 1.165) is 56.1 Å². The molecule has 1 aromatic heterocycles. The van der Waals surface area contributed by atoms with Gasteiger partial charge in [0.15, 0.2) is 0 Å². The average Bonchev–Trinajstić information content (AvgIpc) is 3.29. The summed E-state index contributed by atoms with van der Waals surface area (Å²) in [5.74, 6) is -0.467. The maximum Gasteiger partial charge on any atom is 0.461 e. The Hall–Kier alpha value is -3.29. The number of nitrogens with zero attached hydrogens (tertiary/aromatic N) is 3. The molecule has 3 aromatic rings. The van der Waals surface area contributed by atoms with Crippen LogP contribution in [0.2, 0.25) is 0 Å². The Labute approximate surface area is 201 Å². The molecule has 1 aliphatic heterocycles. The molecule has 35 heavy (non-hydrogen) atoms. The topological polar surface area (TPSA) is 88.6 Å². The molecule has 2 aromatic carbocycles. The lowest BCUT2D eigenvalue weighted by Crippen LogP contribution is -2.35. The van der Waals surface area contributed by atoms with Crippen molar-refractivity contribution < 1.29 is 31.8 Å². The van der Waals surface area contributed by atoms with Crippen LogP contribution in [0.3, 0.4) is 0 Å². The molecule has 1 fully saturated rings. The predicted molar refractivity (Wildman–Crippen MR) is 122 cm³/mol. The zero-order chi connectivity index (χ0) is 24.8. The molecule has 186 valence electrons. The fourth-order valence-corrected chi connectivity index (χ4v) is 4.01. The zero-order valence-corrected chi connectivity index (χ0v) is 19.0. The van der Waals surface area contributed by atoms with Gasteiger partial charge in [-0.15, -0.1) is 10.2 Å². The van der Waals surface area contributed by atoms with Crippen molar-refractivity contribution in [2.75, 3.05) is 36.9 Å². The Bertz CT molecular complexity index is 1140. The Morgan fingerprint density at radius 2 is 1.86 bits per heavy atom. The van der Waals surface area contributed by atoms with Crippen LogP contribution in [0.25, 0.3) is 10.6 Å². The van der Waals surface area contributed by atoms with E-state index in [1.807, 2.05) is 24.3 Å². The number of amides is 2. The van der Waals surface area contributed by atoms with Gasteiger partial charge in [0, 0.05) is 30.9 Å². The second-order valence-corrected chi connectivity index (χ2v) is 8.55. The predicted octanol–water partition coefficient (Wildman–Crippen LogP) is 4.92. The minimum atomic E-state index is -4.61. The number of alkyl halides is 4. The number of rotatable bonds is 8. The fourth-order valence-electron chi connectivity index (χ4n) is 3.28. The molecule has 1 saturated heterocycles. The number of halogens is 4. The number of nitrogens with one attached hydrogen (secondary N) is 2.